The zero-order chi connectivity index (χ0) is 23.9. The maximum atomic E-state index is 13.3. The van der Waals surface area contributed by atoms with Gasteiger partial charge in [0.25, 0.3) is 0 Å². The number of hydrogen-bond acceptors (Lipinski definition) is 5. The molecule has 1 aliphatic rings. The fourth-order valence-electron chi connectivity index (χ4n) is 5.08. The van der Waals surface area contributed by atoms with Crippen LogP contribution in [0.15, 0.2) is 67.0 Å². The number of carbonyl (C=O) groups is 1. The minimum Gasteiger partial charge on any atom is -0.371 e. The number of nitrogens with one attached hydrogen (secondary N) is 2. The monoisotopic (exact) mass is 464 g/mol. The van der Waals surface area contributed by atoms with Crippen molar-refractivity contribution in [1.82, 2.24) is 24.8 Å². The average molecular weight is 465 g/mol. The van der Waals surface area contributed by atoms with Gasteiger partial charge in [-0.25, -0.2) is 4.98 Å². The number of H-pyrrole nitrogens is 2. The fourth-order valence-corrected chi connectivity index (χ4v) is 5.08. The summed E-state index contributed by atoms with van der Waals surface area (Å²) in [5.41, 5.74) is 6.18. The maximum Gasteiger partial charge on any atom is 0.228 e. The number of benzene rings is 2. The van der Waals surface area contributed by atoms with Crippen molar-refractivity contribution in [2.24, 2.45) is 0 Å². The number of carbonyl (C=O) groups excluding carboxylic acids is 1. The summed E-state index contributed by atoms with van der Waals surface area (Å²) in [5, 5.41) is 1.08. The zero-order valence-corrected chi connectivity index (χ0v) is 20.0. The molecule has 1 aliphatic heterocycles. The van der Waals surface area contributed by atoms with Crippen LogP contribution in [0.5, 0.6) is 0 Å². The van der Waals surface area contributed by atoms with E-state index in [1.54, 1.807) is 12.3 Å². The molecule has 0 spiro atoms. The lowest BCUT2D eigenvalue weighted by Gasteiger charge is -2.36. The van der Waals surface area contributed by atoms with Crippen LogP contribution in [0, 0.1) is 0 Å². The third-order valence-electron chi connectivity index (χ3n) is 7.13. The van der Waals surface area contributed by atoms with Crippen LogP contribution in [0.1, 0.15) is 29.0 Å². The quantitative estimate of drug-likeness (QED) is 0.363. The van der Waals surface area contributed by atoms with Crippen molar-refractivity contribution in [1.29, 1.82) is 0 Å². The molecule has 1 saturated heterocycles. The lowest BCUT2D eigenvalue weighted by Crippen LogP contribution is -2.41. The van der Waals surface area contributed by atoms with Gasteiger partial charge in [-0.05, 0) is 63.3 Å². The first-order chi connectivity index (χ1) is 17.1. The summed E-state index contributed by atoms with van der Waals surface area (Å²) in [6, 6.07) is 18.5. The molecule has 0 atom stereocenters. The Morgan fingerprint density at radius 3 is 2.69 bits per heavy atom. The van der Waals surface area contributed by atoms with Crippen LogP contribution in [0.2, 0.25) is 0 Å². The topological polar surface area (TPSA) is 80.9 Å². The van der Waals surface area contributed by atoms with Crippen molar-refractivity contribution in [3.8, 4) is 11.3 Å². The number of nitrogens with zero attached hydrogens (tertiary/aromatic N) is 4. The molecule has 0 saturated carbocycles. The Morgan fingerprint density at radius 2 is 1.86 bits per heavy atom. The van der Waals surface area contributed by atoms with Crippen molar-refractivity contribution < 1.29 is 4.79 Å². The Balaban J connectivity index is 1.26. The first kappa shape index (κ1) is 21.6. The fraction of sp³-hybridized carbons (Fsp3) is 0.250. The van der Waals surface area contributed by atoms with Gasteiger partial charge in [-0.1, -0.05) is 18.2 Å². The molecule has 7 nitrogen and oxygen atoms in total. The number of hydrogen-bond donors (Lipinski definition) is 2. The van der Waals surface area contributed by atoms with Crippen molar-refractivity contribution in [2.75, 3.05) is 32.1 Å². The van der Waals surface area contributed by atoms with Gasteiger partial charge < -0.3 is 19.8 Å². The van der Waals surface area contributed by atoms with E-state index in [0.717, 1.165) is 59.1 Å². The van der Waals surface area contributed by atoms with Crippen molar-refractivity contribution in [3.05, 3.63) is 78.4 Å². The number of para-hydroxylation sites is 1. The van der Waals surface area contributed by atoms with E-state index in [1.807, 2.05) is 36.5 Å². The number of piperidine rings is 1. The first-order valence-corrected chi connectivity index (χ1v) is 12.1. The van der Waals surface area contributed by atoms with Gasteiger partial charge in [-0.15, -0.1) is 0 Å². The first-order valence-electron chi connectivity index (χ1n) is 12.1. The predicted molar refractivity (Wildman–Crippen MR) is 140 cm³/mol. The van der Waals surface area contributed by atoms with Gasteiger partial charge in [0.1, 0.15) is 0 Å². The molecule has 0 unspecified atom stereocenters. The van der Waals surface area contributed by atoms with E-state index < -0.39 is 0 Å². The molecular formula is C28H28N6O. The highest BCUT2D eigenvalue weighted by Crippen LogP contribution is 2.29. The summed E-state index contributed by atoms with van der Waals surface area (Å²) in [4.78, 5) is 33.7. The normalized spacial score (nSPS) is 14.9. The third kappa shape index (κ3) is 3.98. The number of fused-ring (bicyclic) bond motifs is 2. The van der Waals surface area contributed by atoms with E-state index in [1.165, 1.54) is 5.69 Å². The molecule has 176 valence electrons. The second kappa shape index (κ2) is 8.67. The number of aromatic nitrogens is 4. The summed E-state index contributed by atoms with van der Waals surface area (Å²) in [5.74, 6) is 0.206. The highest BCUT2D eigenvalue weighted by molar-refractivity contribution is 6.09. The van der Waals surface area contributed by atoms with E-state index in [4.69, 9.17) is 0 Å². The van der Waals surface area contributed by atoms with Crippen molar-refractivity contribution >= 4 is 33.4 Å². The van der Waals surface area contributed by atoms with Crippen LogP contribution in [-0.4, -0.2) is 63.8 Å². The molecule has 0 radical (unpaired) electrons. The third-order valence-corrected chi connectivity index (χ3v) is 7.13. The molecular weight excluding hydrogens is 436 g/mol. The predicted octanol–water partition coefficient (Wildman–Crippen LogP) is 4.87. The lowest BCUT2D eigenvalue weighted by atomic mass is 10.0. The van der Waals surface area contributed by atoms with Gasteiger partial charge in [0, 0.05) is 59.2 Å². The molecule has 2 aromatic carbocycles. The van der Waals surface area contributed by atoms with Crippen LogP contribution in [0.3, 0.4) is 0 Å². The van der Waals surface area contributed by atoms with E-state index in [9.17, 15) is 4.79 Å². The van der Waals surface area contributed by atoms with Gasteiger partial charge in [0.15, 0.2) is 5.82 Å². The summed E-state index contributed by atoms with van der Waals surface area (Å²) in [6.45, 7) is 2.06. The number of rotatable bonds is 5. The van der Waals surface area contributed by atoms with E-state index in [-0.39, 0.29) is 5.78 Å². The molecule has 7 heteroatoms. The van der Waals surface area contributed by atoms with Gasteiger partial charge in [-0.3, -0.25) is 9.78 Å². The average Bonchev–Trinajstić information content (AvgIpc) is 3.52. The zero-order valence-electron chi connectivity index (χ0n) is 20.0. The molecule has 35 heavy (non-hydrogen) atoms. The molecule has 0 amide bonds. The Labute approximate surface area is 203 Å². The largest absolute Gasteiger partial charge is 0.371 e. The standard InChI is InChI=1S/C28H28N6O/c1-33(2)19-10-13-34(14-11-19)20-7-8-24-26(16-20)32-28(31-24)27(35)18-9-12-29-25(15-18)22-17-30-23-6-4-3-5-21(22)23/h3-9,12,15-17,19,30H,10-11,13-14H2,1-2H3,(H,31,32). The minimum atomic E-state index is -0.141. The smallest absolute Gasteiger partial charge is 0.228 e. The highest BCUT2D eigenvalue weighted by atomic mass is 16.1. The summed E-state index contributed by atoms with van der Waals surface area (Å²) in [7, 11) is 4.31. The molecule has 6 rings (SSSR count). The van der Waals surface area contributed by atoms with Crippen LogP contribution in [-0.2, 0) is 0 Å². The van der Waals surface area contributed by atoms with Gasteiger partial charge in [0.05, 0.1) is 16.7 Å². The number of pyridine rings is 1. The Kier molecular flexibility index (Phi) is 5.34. The summed E-state index contributed by atoms with van der Waals surface area (Å²) < 4.78 is 0. The van der Waals surface area contributed by atoms with Crippen LogP contribution < -0.4 is 4.90 Å². The van der Waals surface area contributed by atoms with Crippen LogP contribution in [0.4, 0.5) is 5.69 Å². The summed E-state index contributed by atoms with van der Waals surface area (Å²) in [6.07, 6.45) is 5.92. The number of ketones is 1. The van der Waals surface area contributed by atoms with Gasteiger partial charge in [-0.2, -0.15) is 0 Å². The van der Waals surface area contributed by atoms with E-state index >= 15 is 0 Å². The molecule has 1 fully saturated rings. The van der Waals surface area contributed by atoms with E-state index in [2.05, 4.69) is 62.0 Å². The second-order valence-corrected chi connectivity index (χ2v) is 9.48. The number of aromatic amines is 2. The Morgan fingerprint density at radius 1 is 1.03 bits per heavy atom. The maximum absolute atomic E-state index is 13.3. The molecule has 5 aromatic rings. The van der Waals surface area contributed by atoms with Gasteiger partial charge >= 0.3 is 0 Å². The van der Waals surface area contributed by atoms with Gasteiger partial charge in [0.2, 0.25) is 5.78 Å². The Bertz CT molecular complexity index is 1520. The minimum absolute atomic E-state index is 0.141. The Hall–Kier alpha value is -3.97. The molecule has 2 N–H and O–H groups in total. The van der Waals surface area contributed by atoms with Crippen LogP contribution in [0.25, 0.3) is 33.2 Å². The number of imidazole rings is 1. The lowest BCUT2D eigenvalue weighted by molar-refractivity contribution is 0.103. The highest BCUT2D eigenvalue weighted by Gasteiger charge is 2.22. The van der Waals surface area contributed by atoms with Crippen LogP contribution >= 0.6 is 0 Å². The van der Waals surface area contributed by atoms with Crippen molar-refractivity contribution in [3.63, 3.8) is 0 Å². The van der Waals surface area contributed by atoms with E-state index in [0.29, 0.717) is 17.4 Å². The SMILES string of the molecule is CN(C)C1CCN(c2ccc3nc(C(=O)c4ccnc(-c5c[nH]c6ccccc56)c4)[nH]c3c2)CC1. The molecule has 0 bridgehead atoms. The van der Waals surface area contributed by atoms with Crippen molar-refractivity contribution in [2.45, 2.75) is 18.9 Å². The molecule has 0 aliphatic carbocycles. The summed E-state index contributed by atoms with van der Waals surface area (Å²) >= 11 is 0. The molecule has 3 aromatic heterocycles. The number of anilines is 1. The second-order valence-electron chi connectivity index (χ2n) is 9.48. The molecule has 4 heterocycles.